The van der Waals surface area contributed by atoms with Crippen molar-refractivity contribution in [3.63, 3.8) is 0 Å². The van der Waals surface area contributed by atoms with Crippen LogP contribution in [-0.2, 0) is 5.88 Å². The number of alkyl halides is 1. The molecule has 16 heavy (non-hydrogen) atoms. The number of nitrogens with zero attached hydrogens (tertiary/aromatic N) is 2. The summed E-state index contributed by atoms with van der Waals surface area (Å²) in [6.45, 7) is 0. The number of hydrogen-bond donors (Lipinski definition) is 0. The van der Waals surface area contributed by atoms with Crippen LogP contribution < -0.4 is 4.74 Å². The van der Waals surface area contributed by atoms with Crippen molar-refractivity contribution in [3.8, 4) is 10.9 Å². The Hall–Kier alpha value is -0.550. The van der Waals surface area contributed by atoms with Gasteiger partial charge in [0.25, 0.3) is 5.19 Å². The molecule has 1 aromatic carbocycles. The van der Waals surface area contributed by atoms with E-state index in [0.717, 1.165) is 0 Å². The minimum Gasteiger partial charge on any atom is -0.428 e. The zero-order valence-electron chi connectivity index (χ0n) is 7.78. The third kappa shape index (κ3) is 2.58. The van der Waals surface area contributed by atoms with Crippen molar-refractivity contribution in [1.82, 2.24) is 10.2 Å². The highest BCUT2D eigenvalue weighted by molar-refractivity contribution is 7.13. The maximum absolute atomic E-state index is 5.96. The van der Waals surface area contributed by atoms with Crippen LogP contribution in [0.25, 0.3) is 0 Å². The Labute approximate surface area is 111 Å². The molecule has 0 saturated heterocycles. The summed E-state index contributed by atoms with van der Waals surface area (Å²) in [5.74, 6) is 0.760. The lowest BCUT2D eigenvalue weighted by Gasteiger charge is -2.03. The van der Waals surface area contributed by atoms with E-state index in [9.17, 15) is 0 Å². The fraction of sp³-hybridized carbons (Fsp3) is 0.111. The average molecular weight is 296 g/mol. The highest BCUT2D eigenvalue weighted by Crippen LogP contribution is 2.35. The Morgan fingerprint density at radius 2 is 2.06 bits per heavy atom. The smallest absolute Gasteiger partial charge is 0.299 e. The van der Waals surface area contributed by atoms with Crippen molar-refractivity contribution in [2.45, 2.75) is 5.88 Å². The van der Waals surface area contributed by atoms with Gasteiger partial charge in [-0.2, -0.15) is 0 Å². The fourth-order valence-corrected chi connectivity index (χ4v) is 2.09. The zero-order valence-corrected chi connectivity index (χ0v) is 10.9. The first-order valence-corrected chi connectivity index (χ1v) is 6.31. The maximum atomic E-state index is 5.96. The van der Waals surface area contributed by atoms with Crippen LogP contribution in [0, 0.1) is 0 Å². The van der Waals surface area contributed by atoms with E-state index >= 15 is 0 Å². The first kappa shape index (κ1) is 11.9. The van der Waals surface area contributed by atoms with Crippen LogP contribution >= 0.6 is 46.1 Å². The van der Waals surface area contributed by atoms with Crippen molar-refractivity contribution in [1.29, 1.82) is 0 Å². The largest absolute Gasteiger partial charge is 0.428 e. The minimum atomic E-state index is 0.310. The Morgan fingerprint density at radius 3 is 2.75 bits per heavy atom. The number of ether oxygens (including phenoxy) is 1. The van der Waals surface area contributed by atoms with Gasteiger partial charge in [-0.1, -0.05) is 45.7 Å². The summed E-state index contributed by atoms with van der Waals surface area (Å²) in [4.78, 5) is 0. The first-order valence-electron chi connectivity index (χ1n) is 4.21. The Bertz CT molecular complexity index is 503. The van der Waals surface area contributed by atoms with Crippen LogP contribution in [0.15, 0.2) is 18.2 Å². The van der Waals surface area contributed by atoms with Gasteiger partial charge in [-0.25, -0.2) is 0 Å². The molecular weight excluding hydrogens is 291 g/mol. The molecule has 2 rings (SSSR count). The number of benzene rings is 1. The number of hydrogen-bond acceptors (Lipinski definition) is 4. The molecule has 3 nitrogen and oxygen atoms in total. The van der Waals surface area contributed by atoms with Crippen molar-refractivity contribution in [2.24, 2.45) is 0 Å². The Morgan fingerprint density at radius 1 is 1.25 bits per heavy atom. The molecular formula is C9H5Cl3N2OS. The number of aromatic nitrogens is 2. The van der Waals surface area contributed by atoms with Crippen LogP contribution in [0.3, 0.4) is 0 Å². The summed E-state index contributed by atoms with van der Waals surface area (Å²) in [5, 5.41) is 9.50. The second kappa shape index (κ2) is 5.19. The lowest BCUT2D eigenvalue weighted by atomic mass is 10.3. The van der Waals surface area contributed by atoms with Crippen molar-refractivity contribution in [3.05, 3.63) is 33.3 Å². The average Bonchev–Trinajstić information content (AvgIpc) is 2.73. The SMILES string of the molecule is ClCc1nnc(Oc2cccc(Cl)c2Cl)s1. The Balaban J connectivity index is 2.23. The summed E-state index contributed by atoms with van der Waals surface area (Å²) in [6.07, 6.45) is 0. The van der Waals surface area contributed by atoms with Gasteiger partial charge in [0.1, 0.15) is 10.0 Å². The van der Waals surface area contributed by atoms with Gasteiger partial charge in [-0.15, -0.1) is 16.7 Å². The molecule has 0 unspecified atom stereocenters. The van der Waals surface area contributed by atoms with Crippen LogP contribution in [0.4, 0.5) is 0 Å². The molecule has 0 N–H and O–H groups in total. The molecule has 2 aromatic rings. The molecule has 0 aliphatic carbocycles. The topological polar surface area (TPSA) is 35.0 Å². The van der Waals surface area contributed by atoms with E-state index in [1.807, 2.05) is 0 Å². The number of rotatable bonds is 3. The summed E-state index contributed by atoms with van der Waals surface area (Å²) in [6, 6.07) is 5.13. The van der Waals surface area contributed by atoms with E-state index < -0.39 is 0 Å². The van der Waals surface area contributed by atoms with Gasteiger partial charge < -0.3 is 4.74 Å². The van der Waals surface area contributed by atoms with Crippen LogP contribution in [-0.4, -0.2) is 10.2 Å². The van der Waals surface area contributed by atoms with Crippen LogP contribution in [0.1, 0.15) is 5.01 Å². The molecule has 0 spiro atoms. The van der Waals surface area contributed by atoms with Crippen LogP contribution in [0.5, 0.6) is 10.9 Å². The quantitative estimate of drug-likeness (QED) is 0.788. The second-order valence-electron chi connectivity index (χ2n) is 2.75. The molecule has 0 saturated carbocycles. The highest BCUT2D eigenvalue weighted by atomic mass is 35.5. The number of halogens is 3. The summed E-state index contributed by atoms with van der Waals surface area (Å²) in [7, 11) is 0. The normalized spacial score (nSPS) is 10.4. The lowest BCUT2D eigenvalue weighted by Crippen LogP contribution is -1.84. The van der Waals surface area contributed by atoms with Gasteiger partial charge in [0, 0.05) is 0 Å². The van der Waals surface area contributed by atoms with E-state index in [1.165, 1.54) is 11.3 Å². The third-order valence-electron chi connectivity index (χ3n) is 1.68. The molecule has 0 fully saturated rings. The zero-order chi connectivity index (χ0) is 11.5. The molecule has 84 valence electrons. The van der Waals surface area contributed by atoms with E-state index in [2.05, 4.69) is 10.2 Å². The van der Waals surface area contributed by atoms with E-state index in [-0.39, 0.29) is 0 Å². The first-order chi connectivity index (χ1) is 7.70. The molecule has 0 bridgehead atoms. The van der Waals surface area contributed by atoms with Gasteiger partial charge in [-0.3, -0.25) is 0 Å². The summed E-state index contributed by atoms with van der Waals surface area (Å²) < 4.78 is 5.44. The Kier molecular flexibility index (Phi) is 3.86. The molecule has 0 amide bonds. The van der Waals surface area contributed by atoms with Crippen molar-refractivity contribution >= 4 is 46.1 Å². The van der Waals surface area contributed by atoms with E-state index in [4.69, 9.17) is 39.5 Å². The van der Waals surface area contributed by atoms with E-state index in [0.29, 0.717) is 31.9 Å². The second-order valence-corrected chi connectivity index (χ2v) is 4.83. The summed E-state index contributed by atoms with van der Waals surface area (Å²) >= 11 is 18.7. The van der Waals surface area contributed by atoms with Gasteiger partial charge in [0.05, 0.1) is 10.9 Å². The fourth-order valence-electron chi connectivity index (χ4n) is 0.990. The molecule has 0 aliphatic rings. The highest BCUT2D eigenvalue weighted by Gasteiger charge is 2.10. The third-order valence-corrected chi connectivity index (χ3v) is 3.69. The van der Waals surface area contributed by atoms with Gasteiger partial charge >= 0.3 is 0 Å². The molecule has 0 aliphatic heterocycles. The molecule has 0 atom stereocenters. The van der Waals surface area contributed by atoms with Gasteiger partial charge in [-0.05, 0) is 12.1 Å². The lowest BCUT2D eigenvalue weighted by molar-refractivity contribution is 0.473. The van der Waals surface area contributed by atoms with Crippen molar-refractivity contribution in [2.75, 3.05) is 0 Å². The van der Waals surface area contributed by atoms with Gasteiger partial charge in [0.2, 0.25) is 0 Å². The van der Waals surface area contributed by atoms with Crippen molar-refractivity contribution < 1.29 is 4.74 Å². The van der Waals surface area contributed by atoms with Gasteiger partial charge in [0.15, 0.2) is 5.75 Å². The molecule has 0 radical (unpaired) electrons. The molecule has 1 aromatic heterocycles. The van der Waals surface area contributed by atoms with Crippen LogP contribution in [0.2, 0.25) is 10.0 Å². The monoisotopic (exact) mass is 294 g/mol. The maximum Gasteiger partial charge on any atom is 0.299 e. The predicted molar refractivity (Wildman–Crippen MR) is 66.0 cm³/mol. The standard InChI is InChI=1S/C9H5Cl3N2OS/c10-4-7-13-14-9(16-7)15-6-3-1-2-5(11)8(6)12/h1-3H,4H2. The predicted octanol–water partition coefficient (Wildman–Crippen LogP) is 4.38. The van der Waals surface area contributed by atoms with E-state index in [1.54, 1.807) is 18.2 Å². The molecule has 1 heterocycles. The molecule has 7 heteroatoms. The minimum absolute atomic E-state index is 0.310. The summed E-state index contributed by atoms with van der Waals surface area (Å²) in [5.41, 5.74) is 0.